The fourth-order valence-electron chi connectivity index (χ4n) is 3.49. The highest BCUT2D eigenvalue weighted by atomic mass is 16.5. The van der Waals surface area contributed by atoms with Gasteiger partial charge in [-0.1, -0.05) is 48.5 Å². The molecule has 0 fully saturated rings. The zero-order valence-electron chi connectivity index (χ0n) is 16.5. The number of hydrogen-bond donors (Lipinski definition) is 0. The third-order valence-corrected chi connectivity index (χ3v) is 4.96. The number of fused-ring (bicyclic) bond motifs is 2. The van der Waals surface area contributed by atoms with Gasteiger partial charge in [-0.15, -0.1) is 0 Å². The molecule has 4 aromatic rings. The Hall–Kier alpha value is -3.59. The Labute approximate surface area is 170 Å². The highest BCUT2D eigenvalue weighted by Crippen LogP contribution is 2.30. The smallest absolute Gasteiger partial charge is 0.185 e. The van der Waals surface area contributed by atoms with E-state index in [2.05, 4.69) is 6.07 Å². The lowest BCUT2D eigenvalue weighted by molar-refractivity contribution is 0.104. The van der Waals surface area contributed by atoms with Crippen LogP contribution in [-0.4, -0.2) is 19.5 Å². The van der Waals surface area contributed by atoms with Gasteiger partial charge in [0.25, 0.3) is 0 Å². The fraction of sp³-hybridized carbons (Fsp3) is 0.115. The minimum Gasteiger partial charge on any atom is -0.497 e. The first-order valence-corrected chi connectivity index (χ1v) is 9.64. The second-order valence-corrected chi connectivity index (χ2v) is 6.76. The number of ketones is 1. The number of carbonyl (C=O) groups is 1. The average Bonchev–Trinajstić information content (AvgIpc) is 2.77. The zero-order chi connectivity index (χ0) is 20.2. The normalized spacial score (nSPS) is 11.2. The molecular weight excluding hydrogens is 360 g/mol. The van der Waals surface area contributed by atoms with Crippen molar-refractivity contribution in [3.63, 3.8) is 0 Å². The fourth-order valence-corrected chi connectivity index (χ4v) is 3.49. The van der Waals surface area contributed by atoms with E-state index in [9.17, 15) is 4.79 Å². The lowest BCUT2D eigenvalue weighted by atomic mass is 10.0. The van der Waals surface area contributed by atoms with Gasteiger partial charge in [0.05, 0.1) is 13.7 Å². The molecule has 0 saturated carbocycles. The molecule has 0 unspecified atom stereocenters. The summed E-state index contributed by atoms with van der Waals surface area (Å²) >= 11 is 0. The van der Waals surface area contributed by atoms with E-state index in [1.165, 1.54) is 0 Å². The van der Waals surface area contributed by atoms with Crippen molar-refractivity contribution in [2.45, 2.75) is 6.92 Å². The lowest BCUT2D eigenvalue weighted by Gasteiger charge is -2.10. The second kappa shape index (κ2) is 8.19. The van der Waals surface area contributed by atoms with Crippen LogP contribution in [0.4, 0.5) is 0 Å². The number of benzene rings is 4. The van der Waals surface area contributed by atoms with Gasteiger partial charge in [0, 0.05) is 11.1 Å². The highest BCUT2D eigenvalue weighted by molar-refractivity contribution is 6.10. The second-order valence-electron chi connectivity index (χ2n) is 6.76. The summed E-state index contributed by atoms with van der Waals surface area (Å²) in [5, 5.41) is 4.22. The largest absolute Gasteiger partial charge is 0.497 e. The van der Waals surface area contributed by atoms with E-state index in [0.29, 0.717) is 12.2 Å². The van der Waals surface area contributed by atoms with Gasteiger partial charge in [-0.3, -0.25) is 4.79 Å². The molecule has 0 aliphatic rings. The maximum absolute atomic E-state index is 12.8. The molecule has 0 atom stereocenters. The summed E-state index contributed by atoms with van der Waals surface area (Å²) in [5.74, 6) is 1.54. The predicted molar refractivity (Wildman–Crippen MR) is 119 cm³/mol. The van der Waals surface area contributed by atoms with Gasteiger partial charge in [-0.2, -0.15) is 0 Å². The van der Waals surface area contributed by atoms with Crippen molar-refractivity contribution in [3.05, 3.63) is 90.0 Å². The maximum Gasteiger partial charge on any atom is 0.185 e. The number of hydrogen-bond acceptors (Lipinski definition) is 3. The van der Waals surface area contributed by atoms with Crippen molar-refractivity contribution in [1.29, 1.82) is 0 Å². The van der Waals surface area contributed by atoms with E-state index in [0.717, 1.165) is 38.6 Å². The first-order valence-electron chi connectivity index (χ1n) is 9.64. The summed E-state index contributed by atoms with van der Waals surface area (Å²) in [7, 11) is 1.65. The molecule has 29 heavy (non-hydrogen) atoms. The molecule has 0 saturated heterocycles. The quantitative estimate of drug-likeness (QED) is 0.290. The summed E-state index contributed by atoms with van der Waals surface area (Å²) in [6, 6.07) is 23.6. The predicted octanol–water partition coefficient (Wildman–Crippen LogP) is 6.30. The monoisotopic (exact) mass is 382 g/mol. The van der Waals surface area contributed by atoms with E-state index in [4.69, 9.17) is 9.47 Å². The van der Waals surface area contributed by atoms with Gasteiger partial charge in [0.1, 0.15) is 11.5 Å². The van der Waals surface area contributed by atoms with Gasteiger partial charge in [-0.05, 0) is 64.9 Å². The van der Waals surface area contributed by atoms with E-state index < -0.39 is 0 Å². The number of carbonyl (C=O) groups excluding carboxylic acids is 1. The van der Waals surface area contributed by atoms with Gasteiger partial charge in [-0.25, -0.2) is 0 Å². The molecule has 0 aliphatic heterocycles. The summed E-state index contributed by atoms with van der Waals surface area (Å²) in [5.41, 5.74) is 1.57. The van der Waals surface area contributed by atoms with E-state index in [1.807, 2.05) is 79.7 Å². The van der Waals surface area contributed by atoms with Crippen molar-refractivity contribution in [2.24, 2.45) is 0 Å². The number of ether oxygens (including phenoxy) is 2. The Balaban J connectivity index is 1.69. The molecule has 144 valence electrons. The van der Waals surface area contributed by atoms with Crippen molar-refractivity contribution >= 4 is 33.4 Å². The number of allylic oxidation sites excluding steroid dienone is 1. The molecule has 0 aliphatic carbocycles. The first-order chi connectivity index (χ1) is 14.2. The number of methoxy groups -OCH3 is 1. The minimum absolute atomic E-state index is 0.0434. The van der Waals surface area contributed by atoms with E-state index in [1.54, 1.807) is 13.2 Å². The van der Waals surface area contributed by atoms with E-state index >= 15 is 0 Å². The Morgan fingerprint density at radius 1 is 0.897 bits per heavy atom. The van der Waals surface area contributed by atoms with Crippen molar-refractivity contribution in [1.82, 2.24) is 0 Å². The van der Waals surface area contributed by atoms with Crippen LogP contribution >= 0.6 is 0 Å². The molecular formula is C26H22O3. The van der Waals surface area contributed by atoms with Crippen LogP contribution in [0, 0.1) is 0 Å². The molecule has 0 radical (unpaired) electrons. The molecule has 0 aromatic heterocycles. The molecule has 0 heterocycles. The molecule has 4 aromatic carbocycles. The van der Waals surface area contributed by atoms with Crippen LogP contribution in [0.25, 0.3) is 27.6 Å². The molecule has 4 rings (SSSR count). The number of rotatable bonds is 6. The summed E-state index contributed by atoms with van der Waals surface area (Å²) in [6.45, 7) is 2.53. The summed E-state index contributed by atoms with van der Waals surface area (Å²) in [6.07, 6.45) is 3.48. The molecule has 3 nitrogen and oxygen atoms in total. The van der Waals surface area contributed by atoms with Gasteiger partial charge >= 0.3 is 0 Å². The highest BCUT2D eigenvalue weighted by Gasteiger charge is 2.08. The van der Waals surface area contributed by atoms with Crippen LogP contribution in [-0.2, 0) is 0 Å². The first kappa shape index (κ1) is 18.8. The van der Waals surface area contributed by atoms with Crippen LogP contribution in [0.15, 0.2) is 78.9 Å². The Morgan fingerprint density at radius 3 is 2.48 bits per heavy atom. The van der Waals surface area contributed by atoms with Crippen LogP contribution in [0.3, 0.4) is 0 Å². The van der Waals surface area contributed by atoms with Crippen LogP contribution in [0.5, 0.6) is 11.5 Å². The third-order valence-electron chi connectivity index (χ3n) is 4.96. The van der Waals surface area contributed by atoms with Gasteiger partial charge in [0.15, 0.2) is 5.78 Å². The molecule has 0 bridgehead atoms. The molecule has 0 amide bonds. The molecule has 3 heteroatoms. The Morgan fingerprint density at radius 2 is 1.66 bits per heavy atom. The lowest BCUT2D eigenvalue weighted by Crippen LogP contribution is -1.97. The van der Waals surface area contributed by atoms with E-state index in [-0.39, 0.29) is 5.78 Å². The average molecular weight is 382 g/mol. The topological polar surface area (TPSA) is 35.5 Å². The summed E-state index contributed by atoms with van der Waals surface area (Å²) < 4.78 is 11.1. The van der Waals surface area contributed by atoms with Crippen molar-refractivity contribution in [2.75, 3.05) is 13.7 Å². The van der Waals surface area contributed by atoms with Crippen LogP contribution < -0.4 is 9.47 Å². The Bertz CT molecular complexity index is 1220. The van der Waals surface area contributed by atoms with Crippen LogP contribution in [0.1, 0.15) is 22.8 Å². The van der Waals surface area contributed by atoms with Crippen LogP contribution in [0.2, 0.25) is 0 Å². The molecule has 0 spiro atoms. The Kier molecular flexibility index (Phi) is 5.30. The van der Waals surface area contributed by atoms with Gasteiger partial charge in [0.2, 0.25) is 0 Å². The van der Waals surface area contributed by atoms with Gasteiger partial charge < -0.3 is 9.47 Å². The summed E-state index contributed by atoms with van der Waals surface area (Å²) in [4.78, 5) is 12.8. The maximum atomic E-state index is 12.8. The zero-order valence-corrected chi connectivity index (χ0v) is 16.5. The van der Waals surface area contributed by atoms with Crippen molar-refractivity contribution in [3.8, 4) is 11.5 Å². The molecule has 0 N–H and O–H groups in total. The third kappa shape index (κ3) is 3.85. The van der Waals surface area contributed by atoms with Crippen molar-refractivity contribution < 1.29 is 14.3 Å². The SMILES string of the molecule is CCOc1ccc2ccccc2c1/C=C/C(=O)c1ccc2cc(OC)ccc2c1. The minimum atomic E-state index is -0.0434. The standard InChI is InChI=1S/C26H22O3/c1-3-29-26-15-11-18-6-4-5-7-23(18)24(26)13-14-25(27)21-9-8-20-17-22(28-2)12-10-19(20)16-21/h4-17H,3H2,1-2H3/b14-13+.